The van der Waals surface area contributed by atoms with Crippen molar-refractivity contribution in [2.24, 2.45) is 0 Å². The third-order valence-electron chi connectivity index (χ3n) is 2.00. The van der Waals surface area contributed by atoms with Gasteiger partial charge in [-0.1, -0.05) is 12.1 Å². The lowest BCUT2D eigenvalue weighted by molar-refractivity contribution is 0.548. The second kappa shape index (κ2) is 2.76. The molecule has 0 aliphatic heterocycles. The monoisotopic (exact) mass is 179 g/mol. The van der Waals surface area contributed by atoms with Crippen LogP contribution in [0.1, 0.15) is 5.56 Å². The van der Waals surface area contributed by atoms with Crippen LogP contribution in [0.5, 0.6) is 0 Å². The number of benzene rings is 1. The van der Waals surface area contributed by atoms with Crippen molar-refractivity contribution >= 4 is 10.9 Å². The summed E-state index contributed by atoms with van der Waals surface area (Å²) >= 11 is 0. The Kier molecular flexibility index (Phi) is 1.72. The Morgan fingerprint density at radius 3 is 2.62 bits per heavy atom. The van der Waals surface area contributed by atoms with Crippen LogP contribution >= 0.6 is 0 Å². The molecule has 1 aromatic heterocycles. The molecular formula is C10H7F2N. The molecule has 66 valence electrons. The zero-order valence-electron chi connectivity index (χ0n) is 7.01. The number of halogens is 2. The third kappa shape index (κ3) is 1.16. The summed E-state index contributed by atoms with van der Waals surface area (Å²) < 4.78 is 26.3. The minimum atomic E-state index is -0.740. The molecule has 0 aliphatic carbocycles. The number of pyridine rings is 1. The molecule has 0 atom stereocenters. The van der Waals surface area contributed by atoms with Crippen LogP contribution < -0.4 is 0 Å². The molecule has 2 aromatic rings. The van der Waals surface area contributed by atoms with E-state index >= 15 is 0 Å². The molecule has 0 amide bonds. The number of hydrogen-bond donors (Lipinski definition) is 0. The highest BCUT2D eigenvalue weighted by atomic mass is 19.1. The van der Waals surface area contributed by atoms with Crippen LogP contribution in [0.15, 0.2) is 24.3 Å². The van der Waals surface area contributed by atoms with Gasteiger partial charge in [-0.15, -0.1) is 0 Å². The van der Waals surface area contributed by atoms with Crippen molar-refractivity contribution in [3.05, 3.63) is 41.6 Å². The zero-order chi connectivity index (χ0) is 9.42. The first kappa shape index (κ1) is 8.10. The number of aromatic nitrogens is 1. The van der Waals surface area contributed by atoms with E-state index in [1.807, 2.05) is 0 Å². The Morgan fingerprint density at radius 2 is 1.85 bits per heavy atom. The van der Waals surface area contributed by atoms with E-state index in [0.29, 0.717) is 10.9 Å². The summed E-state index contributed by atoms with van der Waals surface area (Å²) in [5.74, 6) is -1.26. The predicted molar refractivity (Wildman–Crippen MR) is 46.4 cm³/mol. The Balaban J connectivity index is 2.94. The Bertz CT molecular complexity index is 466. The van der Waals surface area contributed by atoms with Crippen molar-refractivity contribution in [2.75, 3.05) is 0 Å². The van der Waals surface area contributed by atoms with Gasteiger partial charge in [0.25, 0.3) is 0 Å². The molecule has 13 heavy (non-hydrogen) atoms. The molecule has 2 rings (SSSR count). The van der Waals surface area contributed by atoms with Crippen molar-refractivity contribution < 1.29 is 8.78 Å². The van der Waals surface area contributed by atoms with Gasteiger partial charge >= 0.3 is 0 Å². The molecule has 0 N–H and O–H groups in total. The van der Waals surface area contributed by atoms with E-state index in [0.717, 1.165) is 0 Å². The summed E-state index contributed by atoms with van der Waals surface area (Å²) in [5.41, 5.74) is 0.321. The first-order valence-corrected chi connectivity index (χ1v) is 3.90. The van der Waals surface area contributed by atoms with Crippen LogP contribution in [0, 0.1) is 18.7 Å². The Hall–Kier alpha value is -1.51. The van der Waals surface area contributed by atoms with Crippen LogP contribution in [-0.2, 0) is 0 Å². The number of para-hydroxylation sites is 1. The van der Waals surface area contributed by atoms with E-state index in [-0.39, 0.29) is 5.56 Å². The fraction of sp³-hybridized carbons (Fsp3) is 0.100. The minimum Gasteiger partial charge on any atom is -0.219 e. The molecule has 0 unspecified atom stereocenters. The van der Waals surface area contributed by atoms with Crippen molar-refractivity contribution in [1.82, 2.24) is 4.98 Å². The zero-order valence-corrected chi connectivity index (χ0v) is 7.01. The van der Waals surface area contributed by atoms with E-state index < -0.39 is 11.8 Å². The topological polar surface area (TPSA) is 12.9 Å². The molecule has 1 aromatic carbocycles. The first-order valence-electron chi connectivity index (χ1n) is 3.90. The molecule has 0 radical (unpaired) electrons. The number of rotatable bonds is 0. The normalized spacial score (nSPS) is 10.7. The van der Waals surface area contributed by atoms with E-state index in [9.17, 15) is 8.78 Å². The fourth-order valence-corrected chi connectivity index (χ4v) is 1.24. The molecule has 0 spiro atoms. The largest absolute Gasteiger partial charge is 0.219 e. The van der Waals surface area contributed by atoms with E-state index in [2.05, 4.69) is 4.98 Å². The maximum Gasteiger partial charge on any atom is 0.219 e. The van der Waals surface area contributed by atoms with Gasteiger partial charge in [-0.25, -0.2) is 9.37 Å². The SMILES string of the molecule is Cc1c(F)nc2ccccc2c1F. The summed E-state index contributed by atoms with van der Waals surface area (Å²) in [6.45, 7) is 1.38. The van der Waals surface area contributed by atoms with Gasteiger partial charge in [0.1, 0.15) is 5.82 Å². The van der Waals surface area contributed by atoms with Gasteiger partial charge in [0.05, 0.1) is 5.52 Å². The predicted octanol–water partition coefficient (Wildman–Crippen LogP) is 2.82. The first-order chi connectivity index (χ1) is 6.20. The molecule has 0 aliphatic rings. The van der Waals surface area contributed by atoms with Crippen LogP contribution in [0.3, 0.4) is 0 Å². The van der Waals surface area contributed by atoms with Gasteiger partial charge in [-0.3, -0.25) is 0 Å². The van der Waals surface area contributed by atoms with Crippen molar-refractivity contribution in [3.63, 3.8) is 0 Å². The molecule has 0 saturated carbocycles. The van der Waals surface area contributed by atoms with Gasteiger partial charge in [0.2, 0.25) is 5.95 Å². The van der Waals surface area contributed by atoms with Crippen molar-refractivity contribution in [3.8, 4) is 0 Å². The molecule has 1 nitrogen and oxygen atoms in total. The molecule has 3 heteroatoms. The number of nitrogens with zero attached hydrogens (tertiary/aromatic N) is 1. The summed E-state index contributed by atoms with van der Waals surface area (Å²) in [5, 5.41) is 0.362. The average molecular weight is 179 g/mol. The fourth-order valence-electron chi connectivity index (χ4n) is 1.24. The molecule has 0 fully saturated rings. The Labute approximate surface area is 74.0 Å². The summed E-state index contributed by atoms with van der Waals surface area (Å²) in [6.07, 6.45) is 0. The van der Waals surface area contributed by atoms with E-state index in [4.69, 9.17) is 0 Å². The molecule has 0 bridgehead atoms. The smallest absolute Gasteiger partial charge is 0.219 e. The standard InChI is InChI=1S/C10H7F2N/c1-6-9(11)7-4-2-3-5-8(7)13-10(6)12/h2-5H,1H3. The third-order valence-corrected chi connectivity index (χ3v) is 2.00. The van der Waals surface area contributed by atoms with Crippen molar-refractivity contribution in [2.45, 2.75) is 6.92 Å². The quantitative estimate of drug-likeness (QED) is 0.566. The second-order valence-electron chi connectivity index (χ2n) is 2.86. The molecule has 1 heterocycles. The van der Waals surface area contributed by atoms with E-state index in [1.54, 1.807) is 24.3 Å². The summed E-state index contributed by atoms with van der Waals surface area (Å²) in [6, 6.07) is 6.57. The second-order valence-corrected chi connectivity index (χ2v) is 2.86. The lowest BCUT2D eigenvalue weighted by Gasteiger charge is -2.02. The van der Waals surface area contributed by atoms with Gasteiger partial charge in [0.15, 0.2) is 0 Å². The highest BCUT2D eigenvalue weighted by Gasteiger charge is 2.09. The number of fused-ring (bicyclic) bond motifs is 1. The lowest BCUT2D eigenvalue weighted by Crippen LogP contribution is -1.94. The highest BCUT2D eigenvalue weighted by molar-refractivity contribution is 5.79. The number of hydrogen-bond acceptors (Lipinski definition) is 1. The minimum absolute atomic E-state index is 0.0290. The van der Waals surface area contributed by atoms with Gasteiger partial charge in [-0.2, -0.15) is 4.39 Å². The Morgan fingerprint density at radius 1 is 1.15 bits per heavy atom. The van der Waals surface area contributed by atoms with Crippen molar-refractivity contribution in [1.29, 1.82) is 0 Å². The average Bonchev–Trinajstić information content (AvgIpc) is 2.15. The highest BCUT2D eigenvalue weighted by Crippen LogP contribution is 2.19. The lowest BCUT2D eigenvalue weighted by atomic mass is 10.1. The van der Waals surface area contributed by atoms with Gasteiger partial charge in [-0.05, 0) is 19.1 Å². The maximum absolute atomic E-state index is 13.4. The summed E-state index contributed by atoms with van der Waals surface area (Å²) in [4.78, 5) is 3.63. The van der Waals surface area contributed by atoms with Crippen LogP contribution in [0.2, 0.25) is 0 Å². The van der Waals surface area contributed by atoms with Gasteiger partial charge in [0, 0.05) is 10.9 Å². The van der Waals surface area contributed by atoms with Crippen LogP contribution in [0.4, 0.5) is 8.78 Å². The van der Waals surface area contributed by atoms with Crippen LogP contribution in [0.25, 0.3) is 10.9 Å². The van der Waals surface area contributed by atoms with Crippen LogP contribution in [-0.4, -0.2) is 4.98 Å². The van der Waals surface area contributed by atoms with Gasteiger partial charge < -0.3 is 0 Å². The molecule has 0 saturated heterocycles. The molecular weight excluding hydrogens is 172 g/mol. The maximum atomic E-state index is 13.4. The summed E-state index contributed by atoms with van der Waals surface area (Å²) in [7, 11) is 0. The van der Waals surface area contributed by atoms with E-state index in [1.165, 1.54) is 6.92 Å².